The molecule has 0 saturated heterocycles. The summed E-state index contributed by atoms with van der Waals surface area (Å²) in [7, 11) is -3.82. The van der Waals surface area contributed by atoms with Gasteiger partial charge in [0.25, 0.3) is 15.7 Å². The first kappa shape index (κ1) is 15.7. The topological polar surface area (TPSA) is 102 Å². The number of benzene rings is 1. The Morgan fingerprint density at radius 2 is 2.05 bits per heavy atom. The van der Waals surface area contributed by atoms with Gasteiger partial charge < -0.3 is 0 Å². The molecule has 0 radical (unpaired) electrons. The van der Waals surface area contributed by atoms with E-state index in [-0.39, 0.29) is 20.1 Å². The molecular formula is C11H10ClN3O4S2. The molecule has 10 heteroatoms. The lowest BCUT2D eigenvalue weighted by atomic mass is 10.2. The summed E-state index contributed by atoms with van der Waals surface area (Å²) in [5.74, 6) is 0. The standard InChI is InChI=1S/C11H10ClN3O4S2/c1-6-5-8(3-4-9(6)15(16)17)14-21(18,19)10-7(2)13-11(12)20-10/h3-5,14H,1-2H3. The van der Waals surface area contributed by atoms with Crippen LogP contribution in [0.25, 0.3) is 0 Å². The highest BCUT2D eigenvalue weighted by Gasteiger charge is 2.22. The van der Waals surface area contributed by atoms with E-state index in [0.29, 0.717) is 11.3 Å². The first-order valence-electron chi connectivity index (χ1n) is 5.61. The molecule has 0 unspecified atom stereocenters. The lowest BCUT2D eigenvalue weighted by Crippen LogP contribution is -2.12. The van der Waals surface area contributed by atoms with Gasteiger partial charge >= 0.3 is 0 Å². The van der Waals surface area contributed by atoms with Gasteiger partial charge in [-0.1, -0.05) is 22.9 Å². The largest absolute Gasteiger partial charge is 0.279 e. The maximum Gasteiger partial charge on any atom is 0.273 e. The molecule has 0 spiro atoms. The first-order valence-corrected chi connectivity index (χ1v) is 8.29. The summed E-state index contributed by atoms with van der Waals surface area (Å²) < 4.78 is 27.0. The van der Waals surface area contributed by atoms with Crippen LogP contribution in [0.15, 0.2) is 22.4 Å². The summed E-state index contributed by atoms with van der Waals surface area (Å²) in [4.78, 5) is 14.1. The van der Waals surface area contributed by atoms with E-state index < -0.39 is 14.9 Å². The SMILES string of the molecule is Cc1cc(NS(=O)(=O)c2sc(Cl)nc2C)ccc1[N+](=O)[O-]. The van der Waals surface area contributed by atoms with Gasteiger partial charge in [0.1, 0.15) is 0 Å². The molecule has 0 aliphatic heterocycles. The molecule has 2 rings (SSSR count). The minimum Gasteiger partial charge on any atom is -0.279 e. The molecule has 1 heterocycles. The van der Waals surface area contributed by atoms with Crippen molar-refractivity contribution in [3.8, 4) is 0 Å². The van der Waals surface area contributed by atoms with Crippen LogP contribution in [0, 0.1) is 24.0 Å². The van der Waals surface area contributed by atoms with Crippen LogP contribution in [0.4, 0.5) is 11.4 Å². The predicted molar refractivity (Wildman–Crippen MR) is 80.5 cm³/mol. The van der Waals surface area contributed by atoms with Gasteiger partial charge in [-0.3, -0.25) is 14.8 Å². The number of hydrogen-bond acceptors (Lipinski definition) is 6. The number of nitrogens with zero attached hydrogens (tertiary/aromatic N) is 2. The summed E-state index contributed by atoms with van der Waals surface area (Å²) in [5.41, 5.74) is 0.826. The third-order valence-corrected chi connectivity index (χ3v) is 5.87. The van der Waals surface area contributed by atoms with Gasteiger partial charge in [0, 0.05) is 17.3 Å². The average molecular weight is 348 g/mol. The zero-order valence-corrected chi connectivity index (χ0v) is 13.3. The van der Waals surface area contributed by atoms with Crippen LogP contribution < -0.4 is 4.72 Å². The second-order valence-electron chi connectivity index (χ2n) is 4.20. The van der Waals surface area contributed by atoms with Crippen LogP contribution in [0.2, 0.25) is 4.47 Å². The third-order valence-electron chi connectivity index (χ3n) is 2.62. The second-order valence-corrected chi connectivity index (χ2v) is 7.66. The Labute approximate surface area is 129 Å². The Hall–Kier alpha value is -1.71. The third kappa shape index (κ3) is 3.31. The van der Waals surface area contributed by atoms with Crippen LogP contribution in [0.3, 0.4) is 0 Å². The lowest BCUT2D eigenvalue weighted by Gasteiger charge is -2.07. The molecular weight excluding hydrogens is 338 g/mol. The number of thiazole rings is 1. The molecule has 0 saturated carbocycles. The minimum atomic E-state index is -3.82. The fourth-order valence-electron chi connectivity index (χ4n) is 1.73. The van der Waals surface area contributed by atoms with Gasteiger partial charge in [-0.15, -0.1) is 0 Å². The van der Waals surface area contributed by atoms with Crippen LogP contribution in [0.1, 0.15) is 11.3 Å². The van der Waals surface area contributed by atoms with E-state index in [1.807, 2.05) is 0 Å². The molecule has 0 fully saturated rings. The van der Waals surface area contributed by atoms with E-state index in [4.69, 9.17) is 11.6 Å². The number of sulfonamides is 1. The number of nitrogens with one attached hydrogen (secondary N) is 1. The zero-order chi connectivity index (χ0) is 15.8. The fourth-order valence-corrected chi connectivity index (χ4v) is 4.51. The van der Waals surface area contributed by atoms with E-state index in [9.17, 15) is 18.5 Å². The van der Waals surface area contributed by atoms with Gasteiger partial charge in [0.2, 0.25) is 0 Å². The average Bonchev–Trinajstić information content (AvgIpc) is 2.68. The lowest BCUT2D eigenvalue weighted by molar-refractivity contribution is -0.385. The molecule has 21 heavy (non-hydrogen) atoms. The van der Waals surface area contributed by atoms with Gasteiger partial charge in [-0.2, -0.15) is 0 Å². The number of halogens is 1. The maximum atomic E-state index is 12.2. The molecule has 1 N–H and O–H groups in total. The van der Waals surface area contributed by atoms with Crippen molar-refractivity contribution >= 4 is 44.3 Å². The Bertz CT molecular complexity index is 817. The van der Waals surface area contributed by atoms with Crippen LogP contribution in [0.5, 0.6) is 0 Å². The van der Waals surface area contributed by atoms with Crippen molar-refractivity contribution in [3.05, 3.63) is 44.0 Å². The molecule has 1 aromatic carbocycles. The number of rotatable bonds is 4. The van der Waals surface area contributed by atoms with Crippen molar-refractivity contribution in [2.45, 2.75) is 18.1 Å². The number of aryl methyl sites for hydroxylation is 2. The van der Waals surface area contributed by atoms with Crippen LogP contribution >= 0.6 is 22.9 Å². The van der Waals surface area contributed by atoms with E-state index >= 15 is 0 Å². The van der Waals surface area contributed by atoms with Crippen molar-refractivity contribution < 1.29 is 13.3 Å². The Kier molecular flexibility index (Phi) is 4.17. The summed E-state index contributed by atoms with van der Waals surface area (Å²) in [6.45, 7) is 3.07. The number of aromatic nitrogens is 1. The normalized spacial score (nSPS) is 11.4. The molecule has 0 atom stereocenters. The summed E-state index contributed by atoms with van der Waals surface area (Å²) in [6.07, 6.45) is 0. The van der Waals surface area contributed by atoms with E-state index in [1.165, 1.54) is 32.0 Å². The molecule has 0 bridgehead atoms. The number of anilines is 1. The Morgan fingerprint density at radius 3 is 2.52 bits per heavy atom. The van der Waals surface area contributed by atoms with Gasteiger partial charge in [0.05, 0.1) is 10.6 Å². The number of nitro groups is 1. The summed E-state index contributed by atoms with van der Waals surface area (Å²) in [6, 6.07) is 3.98. The van der Waals surface area contributed by atoms with Crippen LogP contribution in [-0.2, 0) is 10.0 Å². The highest BCUT2D eigenvalue weighted by molar-refractivity contribution is 7.94. The second kappa shape index (κ2) is 5.58. The molecule has 1 aromatic heterocycles. The first-order chi connectivity index (χ1) is 9.70. The zero-order valence-electron chi connectivity index (χ0n) is 11.0. The molecule has 2 aromatic rings. The molecule has 112 valence electrons. The van der Waals surface area contributed by atoms with Crippen molar-refractivity contribution in [3.63, 3.8) is 0 Å². The highest BCUT2D eigenvalue weighted by atomic mass is 35.5. The summed E-state index contributed by atoms with van der Waals surface area (Å²) >= 11 is 6.54. The smallest absolute Gasteiger partial charge is 0.273 e. The minimum absolute atomic E-state index is 0.0171. The Balaban J connectivity index is 2.35. The van der Waals surface area contributed by atoms with Crippen molar-refractivity contribution in [2.75, 3.05) is 4.72 Å². The quantitative estimate of drug-likeness (QED) is 0.676. The fraction of sp³-hybridized carbons (Fsp3) is 0.182. The van der Waals surface area contributed by atoms with Gasteiger partial charge in [-0.05, 0) is 26.0 Å². The predicted octanol–water partition coefficient (Wildman–Crippen LogP) is 3.12. The van der Waals surface area contributed by atoms with Crippen molar-refractivity contribution in [2.24, 2.45) is 0 Å². The maximum absolute atomic E-state index is 12.2. The number of hydrogen-bond donors (Lipinski definition) is 1. The van der Waals surface area contributed by atoms with E-state index in [2.05, 4.69) is 9.71 Å². The van der Waals surface area contributed by atoms with E-state index in [0.717, 1.165) is 11.3 Å². The van der Waals surface area contributed by atoms with E-state index in [1.54, 1.807) is 0 Å². The molecule has 0 aliphatic rings. The van der Waals surface area contributed by atoms with Crippen molar-refractivity contribution in [1.29, 1.82) is 0 Å². The molecule has 7 nitrogen and oxygen atoms in total. The highest BCUT2D eigenvalue weighted by Crippen LogP contribution is 2.29. The van der Waals surface area contributed by atoms with Gasteiger partial charge in [0.15, 0.2) is 8.68 Å². The molecule has 0 amide bonds. The number of nitro benzene ring substituents is 1. The molecule has 0 aliphatic carbocycles. The summed E-state index contributed by atoms with van der Waals surface area (Å²) in [5, 5.41) is 10.7. The Morgan fingerprint density at radius 1 is 1.38 bits per heavy atom. The van der Waals surface area contributed by atoms with Crippen molar-refractivity contribution in [1.82, 2.24) is 4.98 Å². The van der Waals surface area contributed by atoms with Gasteiger partial charge in [-0.25, -0.2) is 13.4 Å². The van der Waals surface area contributed by atoms with Crippen LogP contribution in [-0.4, -0.2) is 18.3 Å². The monoisotopic (exact) mass is 347 g/mol.